The summed E-state index contributed by atoms with van der Waals surface area (Å²) in [5.74, 6) is -0.195. The minimum atomic E-state index is -3.57. The van der Waals surface area contributed by atoms with E-state index >= 15 is 0 Å². The fourth-order valence-electron chi connectivity index (χ4n) is 1.59. The van der Waals surface area contributed by atoms with E-state index in [2.05, 4.69) is 25.6 Å². The zero-order chi connectivity index (χ0) is 15.5. The second-order valence-electron chi connectivity index (χ2n) is 4.17. The minimum Gasteiger partial charge on any atom is -0.282 e. The average molecular weight is 387 g/mol. The maximum Gasteiger partial charge on any atom is 0.236 e. The fourth-order valence-corrected chi connectivity index (χ4v) is 3.21. The SMILES string of the molecule is N#Cc1ccc(CS(=O)(=O)Nc2cnc(Cl)c(Br)c2)cc1. The first-order valence-electron chi connectivity index (χ1n) is 5.70. The maximum absolute atomic E-state index is 12.1. The second-order valence-corrected chi connectivity index (χ2v) is 7.10. The zero-order valence-electron chi connectivity index (χ0n) is 10.5. The van der Waals surface area contributed by atoms with E-state index in [0.29, 0.717) is 21.3 Å². The maximum atomic E-state index is 12.1. The third kappa shape index (κ3) is 4.43. The molecule has 0 fully saturated rings. The number of aromatic nitrogens is 1. The van der Waals surface area contributed by atoms with E-state index in [1.54, 1.807) is 24.3 Å². The van der Waals surface area contributed by atoms with Crippen molar-refractivity contribution in [1.82, 2.24) is 4.98 Å². The van der Waals surface area contributed by atoms with E-state index in [0.717, 1.165) is 0 Å². The van der Waals surface area contributed by atoms with E-state index in [4.69, 9.17) is 16.9 Å². The van der Waals surface area contributed by atoms with Crippen molar-refractivity contribution in [3.8, 4) is 6.07 Å². The molecule has 0 amide bonds. The summed E-state index contributed by atoms with van der Waals surface area (Å²) in [5, 5.41) is 8.96. The van der Waals surface area contributed by atoms with Crippen molar-refractivity contribution in [3.63, 3.8) is 0 Å². The molecule has 0 spiro atoms. The molecule has 0 unspecified atom stereocenters. The highest BCUT2D eigenvalue weighted by Crippen LogP contribution is 2.23. The van der Waals surface area contributed by atoms with Crippen LogP contribution in [0.2, 0.25) is 5.15 Å². The third-order valence-electron chi connectivity index (χ3n) is 2.51. The fraction of sp³-hybridized carbons (Fsp3) is 0.0769. The van der Waals surface area contributed by atoms with Crippen LogP contribution >= 0.6 is 27.5 Å². The first kappa shape index (κ1) is 15.8. The molecule has 2 rings (SSSR count). The molecule has 1 heterocycles. The number of pyridine rings is 1. The Bertz CT molecular complexity index is 801. The van der Waals surface area contributed by atoms with Crippen molar-refractivity contribution in [2.24, 2.45) is 0 Å². The van der Waals surface area contributed by atoms with Crippen molar-refractivity contribution < 1.29 is 8.42 Å². The number of nitrogens with zero attached hydrogens (tertiary/aromatic N) is 2. The van der Waals surface area contributed by atoms with Gasteiger partial charge in [-0.1, -0.05) is 23.7 Å². The highest BCUT2D eigenvalue weighted by atomic mass is 79.9. The van der Waals surface area contributed by atoms with E-state index in [1.165, 1.54) is 12.3 Å². The summed E-state index contributed by atoms with van der Waals surface area (Å²) in [6, 6.07) is 9.87. The van der Waals surface area contributed by atoms with Gasteiger partial charge in [0.1, 0.15) is 5.15 Å². The van der Waals surface area contributed by atoms with Crippen LogP contribution in [0.3, 0.4) is 0 Å². The molecule has 0 saturated heterocycles. The van der Waals surface area contributed by atoms with Gasteiger partial charge < -0.3 is 0 Å². The quantitative estimate of drug-likeness (QED) is 0.817. The standard InChI is InChI=1S/C13H9BrClN3O2S/c14-12-5-11(7-17-13(12)15)18-21(19,20)8-10-3-1-9(6-16)2-4-10/h1-5,7,18H,8H2. The molecular formula is C13H9BrClN3O2S. The molecule has 1 aromatic carbocycles. The molecule has 0 aliphatic heterocycles. The van der Waals surface area contributed by atoms with Gasteiger partial charge in [-0.05, 0) is 39.7 Å². The number of rotatable bonds is 4. The van der Waals surface area contributed by atoms with Gasteiger partial charge in [0.25, 0.3) is 0 Å². The molecule has 0 aliphatic carbocycles. The number of anilines is 1. The molecule has 1 N–H and O–H groups in total. The highest BCUT2D eigenvalue weighted by Gasteiger charge is 2.13. The Kier molecular flexibility index (Phi) is 4.83. The van der Waals surface area contributed by atoms with Crippen molar-refractivity contribution >= 4 is 43.2 Å². The molecule has 0 atom stereocenters. The molecule has 108 valence electrons. The van der Waals surface area contributed by atoms with Gasteiger partial charge >= 0.3 is 0 Å². The van der Waals surface area contributed by atoms with Crippen molar-refractivity contribution in [2.45, 2.75) is 5.75 Å². The van der Waals surface area contributed by atoms with Crippen LogP contribution in [-0.2, 0) is 15.8 Å². The summed E-state index contributed by atoms with van der Waals surface area (Å²) in [6.07, 6.45) is 1.34. The molecular weight excluding hydrogens is 378 g/mol. The van der Waals surface area contributed by atoms with Gasteiger partial charge in [-0.15, -0.1) is 0 Å². The molecule has 8 heteroatoms. The Morgan fingerprint density at radius 2 is 2.00 bits per heavy atom. The molecule has 0 aliphatic rings. The number of nitriles is 1. The molecule has 0 saturated carbocycles. The van der Waals surface area contributed by atoms with Gasteiger partial charge in [0.15, 0.2) is 0 Å². The summed E-state index contributed by atoms with van der Waals surface area (Å²) < 4.78 is 27.1. The second kappa shape index (κ2) is 6.43. The predicted molar refractivity (Wildman–Crippen MR) is 84.4 cm³/mol. The van der Waals surface area contributed by atoms with Crippen LogP contribution in [0.1, 0.15) is 11.1 Å². The largest absolute Gasteiger partial charge is 0.282 e. The van der Waals surface area contributed by atoms with E-state index in [1.807, 2.05) is 6.07 Å². The number of nitrogens with one attached hydrogen (secondary N) is 1. The normalized spacial score (nSPS) is 10.9. The first-order chi connectivity index (χ1) is 9.89. The van der Waals surface area contributed by atoms with Gasteiger partial charge in [0, 0.05) is 0 Å². The van der Waals surface area contributed by atoms with Crippen molar-refractivity contribution in [2.75, 3.05) is 4.72 Å². The molecule has 0 bridgehead atoms. The van der Waals surface area contributed by atoms with Crippen LogP contribution in [0.4, 0.5) is 5.69 Å². The first-order valence-corrected chi connectivity index (χ1v) is 8.52. The van der Waals surface area contributed by atoms with E-state index in [9.17, 15) is 8.42 Å². The minimum absolute atomic E-state index is 0.195. The Labute approximate surface area is 135 Å². The number of halogens is 2. The summed E-state index contributed by atoms with van der Waals surface area (Å²) in [7, 11) is -3.57. The third-order valence-corrected chi connectivity index (χ3v) is 4.90. The Hall–Kier alpha value is -1.62. The lowest BCUT2D eigenvalue weighted by Crippen LogP contribution is -2.15. The van der Waals surface area contributed by atoms with Crippen LogP contribution in [0.15, 0.2) is 41.0 Å². The summed E-state index contributed by atoms with van der Waals surface area (Å²) >= 11 is 8.93. The van der Waals surface area contributed by atoms with Gasteiger partial charge in [-0.3, -0.25) is 4.72 Å². The Morgan fingerprint density at radius 1 is 1.33 bits per heavy atom. The van der Waals surface area contributed by atoms with Crippen molar-refractivity contribution in [3.05, 3.63) is 57.3 Å². The van der Waals surface area contributed by atoms with Gasteiger partial charge in [0.2, 0.25) is 10.0 Å². The number of sulfonamides is 1. The molecule has 1 aromatic heterocycles. The Balaban J connectivity index is 2.14. The van der Waals surface area contributed by atoms with Crippen LogP contribution in [0, 0.1) is 11.3 Å². The summed E-state index contributed by atoms with van der Waals surface area (Å²) in [5.41, 5.74) is 1.39. The predicted octanol–water partition coefficient (Wildman–Crippen LogP) is 3.31. The summed E-state index contributed by atoms with van der Waals surface area (Å²) in [6.45, 7) is 0. The molecule has 5 nitrogen and oxygen atoms in total. The van der Waals surface area contributed by atoms with Crippen LogP contribution in [0.5, 0.6) is 0 Å². The highest BCUT2D eigenvalue weighted by molar-refractivity contribution is 9.10. The van der Waals surface area contributed by atoms with E-state index in [-0.39, 0.29) is 10.9 Å². The number of benzene rings is 1. The number of hydrogen-bond acceptors (Lipinski definition) is 4. The average Bonchev–Trinajstić information content (AvgIpc) is 2.43. The summed E-state index contributed by atoms with van der Waals surface area (Å²) in [4.78, 5) is 3.85. The van der Waals surface area contributed by atoms with Crippen molar-refractivity contribution in [1.29, 1.82) is 5.26 Å². The topological polar surface area (TPSA) is 82.8 Å². The smallest absolute Gasteiger partial charge is 0.236 e. The van der Waals surface area contributed by atoms with Gasteiger partial charge in [-0.25, -0.2) is 13.4 Å². The zero-order valence-corrected chi connectivity index (χ0v) is 13.7. The van der Waals surface area contributed by atoms with Crippen LogP contribution < -0.4 is 4.72 Å². The lowest BCUT2D eigenvalue weighted by molar-refractivity contribution is 0.600. The molecule has 2 aromatic rings. The van der Waals surface area contributed by atoms with Crippen LogP contribution in [-0.4, -0.2) is 13.4 Å². The van der Waals surface area contributed by atoms with Gasteiger partial charge in [-0.2, -0.15) is 5.26 Å². The van der Waals surface area contributed by atoms with E-state index < -0.39 is 10.0 Å². The molecule has 0 radical (unpaired) electrons. The van der Waals surface area contributed by atoms with Gasteiger partial charge in [0.05, 0.1) is 33.7 Å². The Morgan fingerprint density at radius 3 is 2.57 bits per heavy atom. The van der Waals surface area contributed by atoms with Crippen LogP contribution in [0.25, 0.3) is 0 Å². The lowest BCUT2D eigenvalue weighted by Gasteiger charge is -2.08. The number of hydrogen-bond donors (Lipinski definition) is 1. The monoisotopic (exact) mass is 385 g/mol. The molecule has 21 heavy (non-hydrogen) atoms. The lowest BCUT2D eigenvalue weighted by atomic mass is 10.2.